The molecule has 0 unspecified atom stereocenters. The molecule has 9 heteroatoms. The third kappa shape index (κ3) is 5.10. The normalized spacial score (nSPS) is 14.8. The zero-order valence-electron chi connectivity index (χ0n) is 14.5. The van der Waals surface area contributed by atoms with Crippen LogP contribution in [0.2, 0.25) is 5.02 Å². The van der Waals surface area contributed by atoms with Crippen molar-refractivity contribution in [2.75, 3.05) is 38.2 Å². The minimum atomic E-state index is 0. The van der Waals surface area contributed by atoms with Crippen LogP contribution < -0.4 is 15.4 Å². The molecule has 2 N–H and O–H groups in total. The highest BCUT2D eigenvalue weighted by Gasteiger charge is 2.19. The molecule has 0 radical (unpaired) electrons. The predicted molar refractivity (Wildman–Crippen MR) is 115 cm³/mol. The van der Waals surface area contributed by atoms with Crippen molar-refractivity contribution in [3.05, 3.63) is 47.2 Å². The van der Waals surface area contributed by atoms with Crippen molar-refractivity contribution in [3.63, 3.8) is 0 Å². The number of benzene rings is 1. The molecular weight excluding hydrogens is 467 g/mol. The van der Waals surface area contributed by atoms with Gasteiger partial charge in [-0.05, 0) is 18.2 Å². The van der Waals surface area contributed by atoms with Crippen LogP contribution in [-0.2, 0) is 6.54 Å². The third-order valence-corrected chi connectivity index (χ3v) is 4.33. The Morgan fingerprint density at radius 2 is 1.92 bits per heavy atom. The number of aliphatic imine (C=N–C) groups is 1. The number of ether oxygens (including phenoxy) is 1. The van der Waals surface area contributed by atoms with Gasteiger partial charge in [-0.15, -0.1) is 24.0 Å². The number of methoxy groups -OCH3 is 1. The van der Waals surface area contributed by atoms with Gasteiger partial charge in [0, 0.05) is 49.2 Å². The predicted octanol–water partition coefficient (Wildman–Crippen LogP) is 2.39. The van der Waals surface area contributed by atoms with Gasteiger partial charge in [0.2, 0.25) is 5.95 Å². The first-order chi connectivity index (χ1) is 12.2. The van der Waals surface area contributed by atoms with Crippen LogP contribution in [0.5, 0.6) is 5.75 Å². The molecule has 1 aromatic carbocycles. The first-order valence-corrected chi connectivity index (χ1v) is 8.44. The number of rotatable bonds is 4. The van der Waals surface area contributed by atoms with Crippen molar-refractivity contribution < 1.29 is 4.74 Å². The molecule has 26 heavy (non-hydrogen) atoms. The molecule has 0 aliphatic carbocycles. The van der Waals surface area contributed by atoms with Crippen LogP contribution in [0, 0.1) is 0 Å². The fourth-order valence-corrected chi connectivity index (χ4v) is 2.87. The Labute approximate surface area is 175 Å². The molecule has 1 aliphatic rings. The number of halogens is 2. The SMILES string of the molecule is COc1cc(Cl)ccc1CN=C(N)N1CCN(c2ncccn2)CC1.I. The molecule has 0 spiro atoms. The van der Waals surface area contributed by atoms with Crippen molar-refractivity contribution >= 4 is 47.5 Å². The summed E-state index contributed by atoms with van der Waals surface area (Å²) in [4.78, 5) is 17.3. The highest BCUT2D eigenvalue weighted by atomic mass is 127. The van der Waals surface area contributed by atoms with Crippen LogP contribution in [0.3, 0.4) is 0 Å². The second-order valence-electron chi connectivity index (χ2n) is 5.65. The van der Waals surface area contributed by atoms with E-state index < -0.39 is 0 Å². The van der Waals surface area contributed by atoms with Gasteiger partial charge in [0.25, 0.3) is 0 Å². The standard InChI is InChI=1S/C17H21ClN6O.HI/c1-25-15-11-14(18)4-3-13(15)12-22-16(19)23-7-9-24(10-8-23)17-20-5-2-6-21-17;/h2-6,11H,7-10,12H2,1H3,(H2,19,22);1H. The molecule has 1 fully saturated rings. The van der Waals surface area contributed by atoms with Crippen LogP contribution in [0.1, 0.15) is 5.56 Å². The van der Waals surface area contributed by atoms with E-state index in [0.717, 1.165) is 43.4 Å². The molecule has 7 nitrogen and oxygen atoms in total. The number of aromatic nitrogens is 2. The third-order valence-electron chi connectivity index (χ3n) is 4.10. The van der Waals surface area contributed by atoms with Gasteiger partial charge < -0.3 is 20.3 Å². The lowest BCUT2D eigenvalue weighted by Crippen LogP contribution is -2.51. The van der Waals surface area contributed by atoms with Crippen molar-refractivity contribution in [2.24, 2.45) is 10.7 Å². The molecule has 0 saturated carbocycles. The lowest BCUT2D eigenvalue weighted by atomic mass is 10.2. The highest BCUT2D eigenvalue weighted by molar-refractivity contribution is 14.0. The Hall–Kier alpha value is -1.81. The Balaban J connectivity index is 0.00000243. The van der Waals surface area contributed by atoms with E-state index >= 15 is 0 Å². The summed E-state index contributed by atoms with van der Waals surface area (Å²) in [7, 11) is 1.62. The minimum Gasteiger partial charge on any atom is -0.496 e. The average molecular weight is 489 g/mol. The number of guanidine groups is 1. The molecular formula is C17H22ClIN6O. The number of nitrogens with zero attached hydrogens (tertiary/aromatic N) is 5. The van der Waals surface area contributed by atoms with E-state index in [1.807, 2.05) is 18.2 Å². The maximum absolute atomic E-state index is 6.16. The summed E-state index contributed by atoms with van der Waals surface area (Å²) in [6.07, 6.45) is 3.51. The molecule has 1 saturated heterocycles. The molecule has 140 valence electrons. The number of hydrogen-bond acceptors (Lipinski definition) is 5. The molecule has 1 aliphatic heterocycles. The van der Waals surface area contributed by atoms with E-state index in [2.05, 4.69) is 24.8 Å². The van der Waals surface area contributed by atoms with Gasteiger partial charge in [-0.25, -0.2) is 15.0 Å². The van der Waals surface area contributed by atoms with E-state index in [1.54, 1.807) is 25.6 Å². The maximum Gasteiger partial charge on any atom is 0.225 e. The molecule has 2 aromatic rings. The maximum atomic E-state index is 6.16. The summed E-state index contributed by atoms with van der Waals surface area (Å²) in [6.45, 7) is 3.64. The van der Waals surface area contributed by atoms with Crippen LogP contribution in [-0.4, -0.2) is 54.1 Å². The van der Waals surface area contributed by atoms with Gasteiger partial charge in [0.05, 0.1) is 13.7 Å². The monoisotopic (exact) mass is 488 g/mol. The fraction of sp³-hybridized carbons (Fsp3) is 0.353. The topological polar surface area (TPSA) is 79.9 Å². The molecule has 1 aromatic heterocycles. The number of piperazine rings is 1. The van der Waals surface area contributed by atoms with Gasteiger partial charge >= 0.3 is 0 Å². The van der Waals surface area contributed by atoms with Gasteiger partial charge in [0.1, 0.15) is 5.75 Å². The summed E-state index contributed by atoms with van der Waals surface area (Å²) in [6, 6.07) is 7.32. The van der Waals surface area contributed by atoms with E-state index in [9.17, 15) is 0 Å². The number of anilines is 1. The lowest BCUT2D eigenvalue weighted by molar-refractivity contribution is 0.377. The van der Waals surface area contributed by atoms with E-state index in [-0.39, 0.29) is 24.0 Å². The summed E-state index contributed by atoms with van der Waals surface area (Å²) >= 11 is 5.98. The summed E-state index contributed by atoms with van der Waals surface area (Å²) in [5.74, 6) is 2.00. The van der Waals surface area contributed by atoms with Crippen molar-refractivity contribution in [1.29, 1.82) is 0 Å². The van der Waals surface area contributed by atoms with E-state index in [4.69, 9.17) is 22.1 Å². The van der Waals surface area contributed by atoms with Crippen molar-refractivity contribution in [1.82, 2.24) is 14.9 Å². The largest absolute Gasteiger partial charge is 0.496 e. The summed E-state index contributed by atoms with van der Waals surface area (Å²) in [5, 5.41) is 0.636. The first kappa shape index (κ1) is 20.5. The minimum absolute atomic E-state index is 0. The van der Waals surface area contributed by atoms with Crippen molar-refractivity contribution in [3.8, 4) is 5.75 Å². The van der Waals surface area contributed by atoms with Crippen molar-refractivity contribution in [2.45, 2.75) is 6.54 Å². The van der Waals surface area contributed by atoms with Crippen LogP contribution in [0.15, 0.2) is 41.7 Å². The van der Waals surface area contributed by atoms with Crippen LogP contribution >= 0.6 is 35.6 Å². The lowest BCUT2D eigenvalue weighted by Gasteiger charge is -2.35. The second kappa shape index (κ2) is 9.77. The fourth-order valence-electron chi connectivity index (χ4n) is 2.71. The Kier molecular flexibility index (Phi) is 7.70. The Morgan fingerprint density at radius 1 is 1.23 bits per heavy atom. The highest BCUT2D eigenvalue weighted by Crippen LogP contribution is 2.23. The number of hydrogen-bond donors (Lipinski definition) is 1. The van der Waals surface area contributed by atoms with Gasteiger partial charge in [-0.1, -0.05) is 17.7 Å². The Bertz CT molecular complexity index is 737. The molecule has 3 rings (SSSR count). The Morgan fingerprint density at radius 3 is 2.58 bits per heavy atom. The van der Waals surface area contributed by atoms with Crippen LogP contribution in [0.4, 0.5) is 5.95 Å². The first-order valence-electron chi connectivity index (χ1n) is 8.06. The molecule has 0 atom stereocenters. The van der Waals surface area contributed by atoms with Gasteiger partial charge in [-0.3, -0.25) is 0 Å². The van der Waals surface area contributed by atoms with Gasteiger partial charge in [0.15, 0.2) is 5.96 Å². The second-order valence-corrected chi connectivity index (χ2v) is 6.09. The smallest absolute Gasteiger partial charge is 0.225 e. The van der Waals surface area contributed by atoms with E-state index in [0.29, 0.717) is 17.5 Å². The zero-order chi connectivity index (χ0) is 17.6. The van der Waals surface area contributed by atoms with E-state index in [1.165, 1.54) is 0 Å². The van der Waals surface area contributed by atoms with Gasteiger partial charge in [-0.2, -0.15) is 0 Å². The quantitative estimate of drug-likeness (QED) is 0.404. The summed E-state index contributed by atoms with van der Waals surface area (Å²) in [5.41, 5.74) is 7.11. The number of nitrogens with two attached hydrogens (primary N) is 1. The molecule has 0 bridgehead atoms. The zero-order valence-corrected chi connectivity index (χ0v) is 17.6. The molecule has 2 heterocycles. The van der Waals surface area contributed by atoms with Crippen LogP contribution in [0.25, 0.3) is 0 Å². The molecule has 0 amide bonds. The summed E-state index contributed by atoms with van der Waals surface area (Å²) < 4.78 is 5.34. The average Bonchev–Trinajstić information content (AvgIpc) is 2.67.